The minimum absolute atomic E-state index is 0.278. The van der Waals surface area contributed by atoms with Crippen molar-refractivity contribution >= 4 is 17.4 Å². The predicted octanol–water partition coefficient (Wildman–Crippen LogP) is 3.28. The van der Waals surface area contributed by atoms with E-state index in [1.807, 2.05) is 25.4 Å². The Bertz CT molecular complexity index is 542. The van der Waals surface area contributed by atoms with Crippen LogP contribution < -0.4 is 4.90 Å². The monoisotopic (exact) mass is 276 g/mol. The molecule has 4 nitrogen and oxygen atoms in total. The second-order valence-electron chi connectivity index (χ2n) is 4.77. The van der Waals surface area contributed by atoms with Gasteiger partial charge in [-0.1, -0.05) is 31.5 Å². The van der Waals surface area contributed by atoms with Gasteiger partial charge in [0, 0.05) is 31.5 Å². The Balaban J connectivity index is 2.29. The Morgan fingerprint density at radius 1 is 1.32 bits per heavy atom. The van der Waals surface area contributed by atoms with Crippen molar-refractivity contribution in [2.75, 3.05) is 11.9 Å². The van der Waals surface area contributed by atoms with Crippen molar-refractivity contribution in [2.24, 2.45) is 0 Å². The lowest BCUT2D eigenvalue weighted by Gasteiger charge is -2.22. The third kappa shape index (κ3) is 3.20. The summed E-state index contributed by atoms with van der Waals surface area (Å²) in [5, 5.41) is 0.526. The number of hydrogen-bond donors (Lipinski definition) is 0. The number of anilines is 1. The van der Waals surface area contributed by atoms with E-state index in [0.29, 0.717) is 5.15 Å². The largest absolute Gasteiger partial charge is 0.355 e. The molecule has 2 heterocycles. The molecule has 0 amide bonds. The number of pyridine rings is 1. The molecular weight excluding hydrogens is 260 g/mol. The van der Waals surface area contributed by atoms with Gasteiger partial charge in [-0.15, -0.1) is 0 Å². The van der Waals surface area contributed by atoms with Gasteiger partial charge in [-0.05, 0) is 17.5 Å². The molecule has 2 aromatic rings. The highest BCUT2D eigenvalue weighted by molar-refractivity contribution is 6.30. The van der Waals surface area contributed by atoms with Crippen LogP contribution in [0.2, 0.25) is 5.15 Å². The van der Waals surface area contributed by atoms with E-state index < -0.39 is 0 Å². The van der Waals surface area contributed by atoms with Crippen molar-refractivity contribution < 1.29 is 0 Å². The van der Waals surface area contributed by atoms with Crippen LogP contribution in [0.15, 0.2) is 30.9 Å². The molecule has 2 rings (SSSR count). The summed E-state index contributed by atoms with van der Waals surface area (Å²) in [4.78, 5) is 14.6. The van der Waals surface area contributed by atoms with Gasteiger partial charge in [0.25, 0.3) is 0 Å². The summed E-state index contributed by atoms with van der Waals surface area (Å²) in [5.74, 6) is 1.15. The summed E-state index contributed by atoms with van der Waals surface area (Å²) in [6.45, 7) is 4.92. The SMILES string of the molecule is CC(C)c1c(Cl)ncnc1N(C)Cc1cccnc1. The molecule has 0 N–H and O–H groups in total. The summed E-state index contributed by atoms with van der Waals surface area (Å²) >= 11 is 6.18. The van der Waals surface area contributed by atoms with E-state index in [9.17, 15) is 0 Å². The third-order valence-electron chi connectivity index (χ3n) is 2.90. The number of halogens is 1. The molecule has 19 heavy (non-hydrogen) atoms. The van der Waals surface area contributed by atoms with Crippen LogP contribution in [-0.2, 0) is 6.54 Å². The maximum atomic E-state index is 6.18. The van der Waals surface area contributed by atoms with Gasteiger partial charge in [0.1, 0.15) is 17.3 Å². The molecule has 0 aliphatic heterocycles. The molecular formula is C14H17ClN4. The smallest absolute Gasteiger partial charge is 0.138 e. The van der Waals surface area contributed by atoms with Crippen LogP contribution in [0.3, 0.4) is 0 Å². The molecule has 0 aliphatic carbocycles. The fourth-order valence-electron chi connectivity index (χ4n) is 2.01. The lowest BCUT2D eigenvalue weighted by atomic mass is 10.1. The maximum Gasteiger partial charge on any atom is 0.138 e. The second kappa shape index (κ2) is 5.97. The lowest BCUT2D eigenvalue weighted by Crippen LogP contribution is -2.20. The van der Waals surface area contributed by atoms with E-state index in [1.165, 1.54) is 6.33 Å². The van der Waals surface area contributed by atoms with E-state index in [-0.39, 0.29) is 5.92 Å². The molecule has 2 aromatic heterocycles. The van der Waals surface area contributed by atoms with Crippen LogP contribution in [0.1, 0.15) is 30.9 Å². The highest BCUT2D eigenvalue weighted by atomic mass is 35.5. The Hall–Kier alpha value is -1.68. The maximum absolute atomic E-state index is 6.18. The average Bonchev–Trinajstić information content (AvgIpc) is 2.39. The van der Waals surface area contributed by atoms with E-state index in [2.05, 4.69) is 33.7 Å². The van der Waals surface area contributed by atoms with Gasteiger partial charge >= 0.3 is 0 Å². The Morgan fingerprint density at radius 2 is 2.11 bits per heavy atom. The summed E-state index contributed by atoms with van der Waals surface area (Å²) in [5.41, 5.74) is 2.12. The standard InChI is InChI=1S/C14H17ClN4/c1-10(2)12-13(15)17-9-18-14(12)19(3)8-11-5-4-6-16-7-11/h4-7,9-10H,8H2,1-3H3. The molecule has 0 radical (unpaired) electrons. The zero-order chi connectivity index (χ0) is 13.8. The first-order valence-corrected chi connectivity index (χ1v) is 6.57. The first-order valence-electron chi connectivity index (χ1n) is 6.20. The van der Waals surface area contributed by atoms with Crippen LogP contribution in [0.4, 0.5) is 5.82 Å². The summed E-state index contributed by atoms with van der Waals surface area (Å²) in [6, 6.07) is 3.97. The van der Waals surface area contributed by atoms with Crippen LogP contribution in [0.25, 0.3) is 0 Å². The van der Waals surface area contributed by atoms with Crippen molar-refractivity contribution in [3.8, 4) is 0 Å². The summed E-state index contributed by atoms with van der Waals surface area (Å²) in [7, 11) is 2.00. The third-order valence-corrected chi connectivity index (χ3v) is 3.20. The Labute approximate surface area is 118 Å². The highest BCUT2D eigenvalue weighted by Gasteiger charge is 2.16. The molecule has 0 spiro atoms. The molecule has 0 aliphatic rings. The number of hydrogen-bond acceptors (Lipinski definition) is 4. The first-order chi connectivity index (χ1) is 9.09. The molecule has 5 heteroatoms. The minimum Gasteiger partial charge on any atom is -0.355 e. The molecule has 0 fully saturated rings. The van der Waals surface area contributed by atoms with Gasteiger partial charge in [-0.25, -0.2) is 9.97 Å². The molecule has 0 unspecified atom stereocenters. The van der Waals surface area contributed by atoms with Gasteiger partial charge in [0.2, 0.25) is 0 Å². The van der Waals surface area contributed by atoms with E-state index >= 15 is 0 Å². The van der Waals surface area contributed by atoms with E-state index in [1.54, 1.807) is 6.20 Å². The van der Waals surface area contributed by atoms with Crippen molar-refractivity contribution in [3.05, 3.63) is 47.1 Å². The average molecular weight is 277 g/mol. The quantitative estimate of drug-likeness (QED) is 0.804. The fourth-order valence-corrected chi connectivity index (χ4v) is 2.35. The molecule has 100 valence electrons. The van der Waals surface area contributed by atoms with E-state index in [0.717, 1.165) is 23.5 Å². The predicted molar refractivity (Wildman–Crippen MR) is 77.5 cm³/mol. The summed E-state index contributed by atoms with van der Waals surface area (Å²) in [6.07, 6.45) is 5.13. The molecule has 0 bridgehead atoms. The fraction of sp³-hybridized carbons (Fsp3) is 0.357. The van der Waals surface area contributed by atoms with Crippen molar-refractivity contribution in [1.82, 2.24) is 15.0 Å². The number of aromatic nitrogens is 3. The molecule has 0 atom stereocenters. The van der Waals surface area contributed by atoms with Crippen LogP contribution >= 0.6 is 11.6 Å². The van der Waals surface area contributed by atoms with Crippen LogP contribution in [0, 0.1) is 0 Å². The van der Waals surface area contributed by atoms with Crippen LogP contribution in [0.5, 0.6) is 0 Å². The molecule has 0 saturated carbocycles. The normalized spacial score (nSPS) is 10.8. The van der Waals surface area contributed by atoms with Gasteiger partial charge in [0.15, 0.2) is 0 Å². The molecule has 0 saturated heterocycles. The zero-order valence-corrected chi connectivity index (χ0v) is 12.1. The van der Waals surface area contributed by atoms with Gasteiger partial charge in [-0.2, -0.15) is 0 Å². The highest BCUT2D eigenvalue weighted by Crippen LogP contribution is 2.30. The van der Waals surface area contributed by atoms with Gasteiger partial charge in [0.05, 0.1) is 0 Å². The van der Waals surface area contributed by atoms with Crippen molar-refractivity contribution in [1.29, 1.82) is 0 Å². The van der Waals surface area contributed by atoms with E-state index in [4.69, 9.17) is 11.6 Å². The van der Waals surface area contributed by atoms with Crippen molar-refractivity contribution in [3.63, 3.8) is 0 Å². The minimum atomic E-state index is 0.278. The number of rotatable bonds is 4. The lowest BCUT2D eigenvalue weighted by molar-refractivity contribution is 0.807. The zero-order valence-electron chi connectivity index (χ0n) is 11.3. The summed E-state index contributed by atoms with van der Waals surface area (Å²) < 4.78 is 0. The van der Waals surface area contributed by atoms with Gasteiger partial charge in [-0.3, -0.25) is 4.98 Å². The van der Waals surface area contributed by atoms with Crippen molar-refractivity contribution in [2.45, 2.75) is 26.3 Å². The topological polar surface area (TPSA) is 41.9 Å². The second-order valence-corrected chi connectivity index (χ2v) is 5.13. The van der Waals surface area contributed by atoms with Crippen LogP contribution in [-0.4, -0.2) is 22.0 Å². The number of nitrogens with zero attached hydrogens (tertiary/aromatic N) is 4. The Kier molecular flexibility index (Phi) is 4.32. The van der Waals surface area contributed by atoms with Gasteiger partial charge < -0.3 is 4.90 Å². The first kappa shape index (κ1) is 13.7. The molecule has 0 aromatic carbocycles. The Morgan fingerprint density at radius 3 is 2.74 bits per heavy atom.